The van der Waals surface area contributed by atoms with Crippen molar-refractivity contribution in [2.45, 2.75) is 52.2 Å². The number of nitrogens with one attached hydrogen (secondary N) is 1. The monoisotopic (exact) mass is 252 g/mol. The van der Waals surface area contributed by atoms with Crippen molar-refractivity contribution in [2.75, 3.05) is 13.2 Å². The van der Waals surface area contributed by atoms with Crippen LogP contribution in [0.3, 0.4) is 0 Å². The highest BCUT2D eigenvalue weighted by Crippen LogP contribution is 2.12. The molecule has 0 saturated carbocycles. The molecule has 0 atom stereocenters. The van der Waals surface area contributed by atoms with Crippen molar-refractivity contribution >= 4 is 18.3 Å². The summed E-state index contributed by atoms with van der Waals surface area (Å²) >= 11 is 0. The van der Waals surface area contributed by atoms with Crippen LogP contribution in [0.1, 0.15) is 40.5 Å². The summed E-state index contributed by atoms with van der Waals surface area (Å²) in [4.78, 5) is 11.5. The summed E-state index contributed by atoms with van der Waals surface area (Å²) in [7, 11) is 0. The second-order valence-corrected chi connectivity index (χ2v) is 4.10. The predicted octanol–water partition coefficient (Wildman–Crippen LogP) is 1.47. The van der Waals surface area contributed by atoms with Crippen molar-refractivity contribution in [3.63, 3.8) is 0 Å². The molecule has 0 aliphatic rings. The predicted molar refractivity (Wildman–Crippen MR) is 68.8 cm³/mol. The van der Waals surface area contributed by atoms with E-state index in [1.165, 1.54) is 0 Å². The number of carbonyl (C=O) groups is 1. The van der Waals surface area contributed by atoms with Crippen LogP contribution in [0.5, 0.6) is 0 Å². The molecule has 0 aliphatic carbocycles. The summed E-state index contributed by atoms with van der Waals surface area (Å²) in [5, 5.41) is 2.95. The zero-order valence-electron chi connectivity index (χ0n) is 10.7. The molecule has 0 aromatic rings. The molecule has 4 nitrogen and oxygen atoms in total. The van der Waals surface area contributed by atoms with Crippen LogP contribution in [-0.4, -0.2) is 30.7 Å². The first-order valence-corrected chi connectivity index (χ1v) is 5.62. The molecule has 0 heterocycles. The van der Waals surface area contributed by atoms with Gasteiger partial charge in [-0.3, -0.25) is 4.79 Å². The lowest BCUT2D eigenvalue weighted by Gasteiger charge is -2.31. The second kappa shape index (κ2) is 8.79. The fraction of sp³-hybridized carbons (Fsp3) is 0.909. The Morgan fingerprint density at radius 2 is 1.88 bits per heavy atom. The van der Waals surface area contributed by atoms with Gasteiger partial charge in [-0.2, -0.15) is 0 Å². The molecule has 0 radical (unpaired) electrons. The van der Waals surface area contributed by atoms with Crippen molar-refractivity contribution in [1.82, 2.24) is 5.32 Å². The minimum Gasteiger partial charge on any atom is -0.369 e. The molecule has 0 aliphatic heterocycles. The number of hydrogen-bond acceptors (Lipinski definition) is 3. The van der Waals surface area contributed by atoms with Crippen molar-refractivity contribution in [2.24, 2.45) is 5.73 Å². The third kappa shape index (κ3) is 6.30. The summed E-state index contributed by atoms with van der Waals surface area (Å²) < 4.78 is 5.23. The van der Waals surface area contributed by atoms with Gasteiger partial charge in [0.2, 0.25) is 5.91 Å². The van der Waals surface area contributed by atoms with E-state index in [9.17, 15) is 4.79 Å². The molecule has 98 valence electrons. The molecule has 0 rings (SSSR count). The summed E-state index contributed by atoms with van der Waals surface area (Å²) in [6, 6.07) is 0. The van der Waals surface area contributed by atoms with Crippen LogP contribution in [0.2, 0.25) is 0 Å². The van der Waals surface area contributed by atoms with Crippen LogP contribution < -0.4 is 11.1 Å². The third-order valence-electron chi connectivity index (χ3n) is 2.70. The number of ether oxygens (including phenoxy) is 1. The maximum atomic E-state index is 11.5. The van der Waals surface area contributed by atoms with E-state index in [-0.39, 0.29) is 36.6 Å². The van der Waals surface area contributed by atoms with Crippen LogP contribution in [0.25, 0.3) is 0 Å². The highest BCUT2D eigenvalue weighted by atomic mass is 35.5. The number of nitrogens with two attached hydrogens (primary N) is 1. The minimum absolute atomic E-state index is 0. The Bertz CT molecular complexity index is 186. The van der Waals surface area contributed by atoms with E-state index < -0.39 is 0 Å². The fourth-order valence-corrected chi connectivity index (χ4v) is 1.34. The quantitative estimate of drug-likeness (QED) is 0.721. The Labute approximate surface area is 105 Å². The smallest absolute Gasteiger partial charge is 0.246 e. The first-order valence-electron chi connectivity index (χ1n) is 5.62. The van der Waals surface area contributed by atoms with Gasteiger partial charge in [-0.15, -0.1) is 12.4 Å². The van der Waals surface area contributed by atoms with Gasteiger partial charge in [-0.05, 0) is 26.7 Å². The minimum atomic E-state index is -0.266. The first kappa shape index (κ1) is 18.1. The third-order valence-corrected chi connectivity index (χ3v) is 2.70. The lowest BCUT2D eigenvalue weighted by Crippen LogP contribution is -2.53. The summed E-state index contributed by atoms with van der Waals surface area (Å²) in [6.07, 6.45) is 1.76. The van der Waals surface area contributed by atoms with E-state index in [0.29, 0.717) is 6.54 Å². The maximum Gasteiger partial charge on any atom is 0.246 e. The Morgan fingerprint density at radius 1 is 1.38 bits per heavy atom. The van der Waals surface area contributed by atoms with Crippen LogP contribution in [0.4, 0.5) is 0 Å². The lowest BCUT2D eigenvalue weighted by molar-refractivity contribution is -0.129. The molecule has 0 saturated heterocycles. The molecule has 16 heavy (non-hydrogen) atoms. The number of halogens is 1. The van der Waals surface area contributed by atoms with Gasteiger partial charge in [0.1, 0.15) is 6.61 Å². The van der Waals surface area contributed by atoms with Gasteiger partial charge in [-0.1, -0.05) is 13.8 Å². The zero-order chi connectivity index (χ0) is 11.9. The number of carbonyl (C=O) groups excluding carboxylic acids is 1. The van der Waals surface area contributed by atoms with Crippen LogP contribution in [0, 0.1) is 0 Å². The maximum absolute atomic E-state index is 11.5. The summed E-state index contributed by atoms with van der Waals surface area (Å²) in [5.41, 5.74) is 5.41. The highest BCUT2D eigenvalue weighted by molar-refractivity contribution is 5.85. The molecule has 0 spiro atoms. The number of rotatable bonds is 7. The van der Waals surface area contributed by atoms with E-state index >= 15 is 0 Å². The molecule has 0 aromatic carbocycles. The fourth-order valence-electron chi connectivity index (χ4n) is 1.34. The first-order chi connectivity index (χ1) is 6.99. The van der Waals surface area contributed by atoms with Gasteiger partial charge >= 0.3 is 0 Å². The highest BCUT2D eigenvalue weighted by Gasteiger charge is 2.26. The standard InChI is InChI=1S/C11H24N2O2.ClH/c1-5-11(6-2,8-12)13-10(14)7-15-9(3)4;/h9H,5-8,12H2,1-4H3,(H,13,14);1H. The average Bonchev–Trinajstić information content (AvgIpc) is 2.23. The van der Waals surface area contributed by atoms with Crippen molar-refractivity contribution in [3.8, 4) is 0 Å². The zero-order valence-corrected chi connectivity index (χ0v) is 11.5. The molecular weight excluding hydrogens is 228 g/mol. The van der Waals surface area contributed by atoms with E-state index in [4.69, 9.17) is 10.5 Å². The molecule has 3 N–H and O–H groups in total. The van der Waals surface area contributed by atoms with Crippen LogP contribution in [-0.2, 0) is 9.53 Å². The van der Waals surface area contributed by atoms with Crippen LogP contribution in [0.15, 0.2) is 0 Å². The number of hydrogen-bond donors (Lipinski definition) is 2. The van der Waals surface area contributed by atoms with Crippen molar-refractivity contribution in [1.29, 1.82) is 0 Å². The summed E-state index contributed by atoms with van der Waals surface area (Å²) in [5.74, 6) is -0.0853. The average molecular weight is 253 g/mol. The van der Waals surface area contributed by atoms with E-state index in [1.54, 1.807) is 0 Å². The number of amides is 1. The van der Waals surface area contributed by atoms with Gasteiger partial charge < -0.3 is 15.8 Å². The van der Waals surface area contributed by atoms with Crippen molar-refractivity contribution < 1.29 is 9.53 Å². The van der Waals surface area contributed by atoms with Gasteiger partial charge in [-0.25, -0.2) is 0 Å². The van der Waals surface area contributed by atoms with E-state index in [1.807, 2.05) is 27.7 Å². The van der Waals surface area contributed by atoms with E-state index in [2.05, 4.69) is 5.32 Å². The largest absolute Gasteiger partial charge is 0.369 e. The normalized spacial score (nSPS) is 11.1. The molecule has 0 bridgehead atoms. The van der Waals surface area contributed by atoms with Gasteiger partial charge in [0, 0.05) is 6.54 Å². The van der Waals surface area contributed by atoms with Gasteiger partial charge in [0.25, 0.3) is 0 Å². The molecule has 0 unspecified atom stereocenters. The van der Waals surface area contributed by atoms with Gasteiger partial charge in [0.05, 0.1) is 11.6 Å². The molecule has 0 fully saturated rings. The Hall–Kier alpha value is -0.320. The molecule has 0 aromatic heterocycles. The van der Waals surface area contributed by atoms with Crippen LogP contribution >= 0.6 is 12.4 Å². The van der Waals surface area contributed by atoms with Crippen molar-refractivity contribution in [3.05, 3.63) is 0 Å². The second-order valence-electron chi connectivity index (χ2n) is 4.10. The molecule has 1 amide bonds. The van der Waals surface area contributed by atoms with Gasteiger partial charge in [0.15, 0.2) is 0 Å². The molecule has 5 heteroatoms. The SMILES string of the molecule is CCC(CC)(CN)NC(=O)COC(C)C.Cl. The van der Waals surface area contributed by atoms with E-state index in [0.717, 1.165) is 12.8 Å². The Balaban J connectivity index is 0. The summed E-state index contributed by atoms with van der Waals surface area (Å²) in [6.45, 7) is 8.44. The lowest BCUT2D eigenvalue weighted by atomic mass is 9.93. The Kier molecular flexibility index (Phi) is 9.92. The topological polar surface area (TPSA) is 64.3 Å². The Morgan fingerprint density at radius 3 is 2.19 bits per heavy atom. The molecular formula is C11H25ClN2O2.